The van der Waals surface area contributed by atoms with E-state index in [1.165, 1.54) is 0 Å². The average Bonchev–Trinajstić information content (AvgIpc) is 3.29. The first-order valence-electron chi connectivity index (χ1n) is 13.1. The van der Waals surface area contributed by atoms with Gasteiger partial charge in [0.2, 0.25) is 10.0 Å². The number of benzene rings is 2. The van der Waals surface area contributed by atoms with Crippen LogP contribution in [-0.4, -0.2) is 25.4 Å². The topological polar surface area (TPSA) is 100 Å². The minimum atomic E-state index is -3.66. The van der Waals surface area contributed by atoms with E-state index >= 15 is 0 Å². The third kappa shape index (κ3) is 6.56. The van der Waals surface area contributed by atoms with Crippen LogP contribution in [0, 0.1) is 0 Å². The van der Waals surface area contributed by atoms with Gasteiger partial charge >= 0.3 is 0 Å². The molecule has 3 N–H and O–H groups in total. The number of pyridine rings is 1. The van der Waals surface area contributed by atoms with Gasteiger partial charge in [-0.1, -0.05) is 44.9 Å². The average molecular weight is 521 g/mol. The van der Waals surface area contributed by atoms with E-state index in [9.17, 15) is 13.2 Å². The van der Waals surface area contributed by atoms with Crippen LogP contribution in [0.25, 0.3) is 0 Å². The largest absolute Gasteiger partial charge is 0.349 e. The summed E-state index contributed by atoms with van der Waals surface area (Å²) in [4.78, 5) is 17.6. The van der Waals surface area contributed by atoms with Crippen LogP contribution in [0.1, 0.15) is 79.5 Å². The maximum atomic E-state index is 13.1. The van der Waals surface area contributed by atoms with E-state index < -0.39 is 10.0 Å². The van der Waals surface area contributed by atoms with Crippen LogP contribution in [0.5, 0.6) is 0 Å². The first-order valence-corrected chi connectivity index (χ1v) is 14.6. The zero-order valence-electron chi connectivity index (χ0n) is 21.8. The van der Waals surface area contributed by atoms with Crippen LogP contribution in [0.4, 0.5) is 11.5 Å². The molecule has 1 aromatic heterocycles. The van der Waals surface area contributed by atoms with Crippen LogP contribution in [-0.2, 0) is 22.9 Å². The molecule has 1 aliphatic rings. The van der Waals surface area contributed by atoms with Gasteiger partial charge in [0.15, 0.2) is 0 Å². The summed E-state index contributed by atoms with van der Waals surface area (Å²) in [5.74, 6) is 0.300. The molecular weight excluding hydrogens is 484 g/mol. The molecule has 3 aromatic rings. The fraction of sp³-hybridized carbons (Fsp3) is 0.379. The fourth-order valence-corrected chi connectivity index (χ4v) is 5.92. The molecule has 0 radical (unpaired) electrons. The second kappa shape index (κ2) is 11.9. The van der Waals surface area contributed by atoms with Gasteiger partial charge in [-0.25, -0.2) is 18.1 Å². The quantitative estimate of drug-likeness (QED) is 0.303. The van der Waals surface area contributed by atoms with Crippen molar-refractivity contribution in [2.24, 2.45) is 0 Å². The highest BCUT2D eigenvalue weighted by molar-refractivity contribution is 7.89. The number of carbonyl (C=O) groups excluding carboxylic acids is 1. The number of fused-ring (bicyclic) bond motifs is 1. The van der Waals surface area contributed by atoms with Crippen LogP contribution in [0.3, 0.4) is 0 Å². The molecule has 196 valence electrons. The van der Waals surface area contributed by atoms with E-state index in [1.54, 1.807) is 30.5 Å². The Hall–Kier alpha value is -3.23. The lowest BCUT2D eigenvalue weighted by Crippen LogP contribution is -2.33. The van der Waals surface area contributed by atoms with Crippen molar-refractivity contribution in [3.05, 3.63) is 83.0 Å². The summed E-state index contributed by atoms with van der Waals surface area (Å²) < 4.78 is 29.0. The van der Waals surface area contributed by atoms with Crippen molar-refractivity contribution in [2.45, 2.75) is 76.3 Å². The lowest BCUT2D eigenvalue weighted by molar-refractivity contribution is 0.0938. The van der Waals surface area contributed by atoms with Gasteiger partial charge in [-0.15, -0.1) is 0 Å². The molecule has 7 nitrogen and oxygen atoms in total. The molecule has 2 atom stereocenters. The summed E-state index contributed by atoms with van der Waals surface area (Å²) in [5, 5.41) is 6.34. The van der Waals surface area contributed by atoms with Crippen molar-refractivity contribution in [3.8, 4) is 0 Å². The Bertz CT molecular complexity index is 1340. The number of aromatic nitrogens is 1. The van der Waals surface area contributed by atoms with Crippen LogP contribution < -0.4 is 15.4 Å². The van der Waals surface area contributed by atoms with Gasteiger partial charge in [0.05, 0.1) is 10.5 Å². The number of rotatable bonds is 11. The van der Waals surface area contributed by atoms with Crippen LogP contribution in [0.2, 0.25) is 0 Å². The Morgan fingerprint density at radius 2 is 1.89 bits per heavy atom. The van der Waals surface area contributed by atoms with Gasteiger partial charge in [-0.2, -0.15) is 0 Å². The smallest absolute Gasteiger partial charge is 0.255 e. The van der Waals surface area contributed by atoms with Crippen LogP contribution >= 0.6 is 0 Å². The summed E-state index contributed by atoms with van der Waals surface area (Å²) in [6, 6.07) is 16.2. The third-order valence-corrected chi connectivity index (χ3v) is 8.33. The van der Waals surface area contributed by atoms with E-state index in [0.29, 0.717) is 17.8 Å². The minimum absolute atomic E-state index is 0.0763. The van der Waals surface area contributed by atoms with Gasteiger partial charge in [0.1, 0.15) is 5.82 Å². The standard InChI is InChI=1S/C29H36N4O3S/c1-4-6-8-20(3)31-29(34)25-9-7-18-30-28(25)32-23-14-12-22-13-17-27(26(22)19-23)33-37(35,36)24-15-10-21(5-2)11-16-24/h7,9-12,14-16,18-20,27,33H,4-6,8,13,17H2,1-3H3,(H,30,32)(H,31,34). The number of nitrogens with zero attached hydrogens (tertiary/aromatic N) is 1. The molecule has 8 heteroatoms. The first kappa shape index (κ1) is 26.8. The van der Waals surface area contributed by atoms with Gasteiger partial charge in [0.25, 0.3) is 5.91 Å². The van der Waals surface area contributed by atoms with E-state index in [4.69, 9.17) is 0 Å². The number of hydrogen-bond acceptors (Lipinski definition) is 5. The van der Waals surface area contributed by atoms with Crippen molar-refractivity contribution in [1.29, 1.82) is 0 Å². The highest BCUT2D eigenvalue weighted by atomic mass is 32.2. The highest BCUT2D eigenvalue weighted by Crippen LogP contribution is 2.35. The number of unbranched alkanes of at least 4 members (excludes halogenated alkanes) is 1. The molecule has 0 fully saturated rings. The Labute approximate surface area is 220 Å². The summed E-state index contributed by atoms with van der Waals surface area (Å²) in [6.45, 7) is 6.18. The second-order valence-corrected chi connectivity index (χ2v) is 11.4. The summed E-state index contributed by atoms with van der Waals surface area (Å²) in [5.41, 5.74) is 4.37. The third-order valence-electron chi connectivity index (χ3n) is 6.85. The Morgan fingerprint density at radius 3 is 2.62 bits per heavy atom. The number of aryl methyl sites for hydroxylation is 2. The van der Waals surface area contributed by atoms with Crippen molar-refractivity contribution in [1.82, 2.24) is 15.0 Å². The molecule has 0 saturated heterocycles. The van der Waals surface area contributed by atoms with Gasteiger partial charge in [0, 0.05) is 24.0 Å². The monoisotopic (exact) mass is 520 g/mol. The number of hydrogen-bond donors (Lipinski definition) is 3. The molecule has 1 amide bonds. The number of amides is 1. The molecule has 0 aliphatic heterocycles. The van der Waals surface area contributed by atoms with Crippen molar-refractivity contribution >= 4 is 27.4 Å². The zero-order valence-corrected chi connectivity index (χ0v) is 22.6. The highest BCUT2D eigenvalue weighted by Gasteiger charge is 2.28. The van der Waals surface area contributed by atoms with E-state index in [2.05, 4.69) is 27.3 Å². The molecular formula is C29H36N4O3S. The van der Waals surface area contributed by atoms with Gasteiger partial charge in [-0.3, -0.25) is 4.79 Å². The van der Waals surface area contributed by atoms with E-state index in [0.717, 1.165) is 54.5 Å². The molecule has 0 saturated carbocycles. The van der Waals surface area contributed by atoms with Gasteiger partial charge < -0.3 is 10.6 Å². The number of carbonyl (C=O) groups is 1. The molecule has 1 heterocycles. The maximum absolute atomic E-state index is 13.1. The number of sulfonamides is 1. The van der Waals surface area contributed by atoms with Crippen molar-refractivity contribution in [3.63, 3.8) is 0 Å². The summed E-state index contributed by atoms with van der Waals surface area (Å²) in [7, 11) is -3.66. The molecule has 1 aliphatic carbocycles. The molecule has 0 bridgehead atoms. The van der Waals surface area contributed by atoms with Crippen LogP contribution in [0.15, 0.2) is 65.7 Å². The Kier molecular flexibility index (Phi) is 8.61. The SMILES string of the molecule is CCCCC(C)NC(=O)c1cccnc1Nc1ccc2c(c1)C(NS(=O)(=O)c1ccc(CC)cc1)CC2. The Morgan fingerprint density at radius 1 is 1.11 bits per heavy atom. The normalized spacial score (nSPS) is 15.7. The molecule has 37 heavy (non-hydrogen) atoms. The predicted octanol–water partition coefficient (Wildman–Crippen LogP) is 5.66. The lowest BCUT2D eigenvalue weighted by atomic mass is 10.1. The minimum Gasteiger partial charge on any atom is -0.349 e. The molecule has 2 aromatic carbocycles. The van der Waals surface area contributed by atoms with E-state index in [1.807, 2.05) is 44.2 Å². The lowest BCUT2D eigenvalue weighted by Gasteiger charge is -2.17. The fourth-order valence-electron chi connectivity index (χ4n) is 4.67. The van der Waals surface area contributed by atoms with E-state index in [-0.39, 0.29) is 22.9 Å². The maximum Gasteiger partial charge on any atom is 0.255 e. The number of nitrogens with one attached hydrogen (secondary N) is 3. The second-order valence-electron chi connectivity index (χ2n) is 9.66. The van der Waals surface area contributed by atoms with Gasteiger partial charge in [-0.05, 0) is 85.7 Å². The summed E-state index contributed by atoms with van der Waals surface area (Å²) >= 11 is 0. The Balaban J connectivity index is 1.51. The summed E-state index contributed by atoms with van der Waals surface area (Å²) in [6.07, 6.45) is 7.06. The zero-order chi connectivity index (χ0) is 26.4. The molecule has 0 spiro atoms. The molecule has 2 unspecified atom stereocenters. The number of anilines is 2. The van der Waals surface area contributed by atoms with Crippen molar-refractivity contribution in [2.75, 3.05) is 5.32 Å². The predicted molar refractivity (Wildman–Crippen MR) is 148 cm³/mol. The molecule has 4 rings (SSSR count). The first-order chi connectivity index (χ1) is 17.8. The van der Waals surface area contributed by atoms with Crippen molar-refractivity contribution < 1.29 is 13.2 Å².